The number of aryl methyl sites for hydroxylation is 1. The summed E-state index contributed by atoms with van der Waals surface area (Å²) >= 11 is 0. The van der Waals surface area contributed by atoms with Crippen molar-refractivity contribution in [1.29, 1.82) is 0 Å². The van der Waals surface area contributed by atoms with E-state index in [0.717, 1.165) is 11.8 Å². The highest BCUT2D eigenvalue weighted by Crippen LogP contribution is 2.02. The van der Waals surface area contributed by atoms with Crippen molar-refractivity contribution in [2.24, 2.45) is 7.05 Å². The second kappa shape index (κ2) is 3.56. The second-order valence-electron chi connectivity index (χ2n) is 2.22. The molecule has 0 fully saturated rings. The molecule has 12 heavy (non-hydrogen) atoms. The van der Waals surface area contributed by atoms with Gasteiger partial charge in [0.15, 0.2) is 0 Å². The van der Waals surface area contributed by atoms with Gasteiger partial charge in [0.25, 0.3) is 0 Å². The molecule has 5 nitrogen and oxygen atoms in total. The van der Waals surface area contributed by atoms with Crippen molar-refractivity contribution in [3.63, 3.8) is 0 Å². The minimum Gasteiger partial charge on any atom is -0.478 e. The van der Waals surface area contributed by atoms with Crippen LogP contribution in [0.5, 0.6) is 0 Å². The molecule has 0 aliphatic rings. The van der Waals surface area contributed by atoms with E-state index in [0.29, 0.717) is 0 Å². The molecule has 1 rings (SSSR count). The van der Waals surface area contributed by atoms with Gasteiger partial charge in [-0.15, -0.1) is 0 Å². The minimum absolute atomic E-state index is 0.759. The molecule has 0 aliphatic carbocycles. The number of nitrogens with zero attached hydrogens (tertiary/aromatic N) is 2. The Morgan fingerprint density at radius 2 is 2.58 bits per heavy atom. The van der Waals surface area contributed by atoms with E-state index in [1.165, 1.54) is 6.20 Å². The second-order valence-corrected chi connectivity index (χ2v) is 2.22. The lowest BCUT2D eigenvalue weighted by molar-refractivity contribution is -0.131. The zero-order valence-corrected chi connectivity index (χ0v) is 6.56. The average molecular weight is 167 g/mol. The third-order valence-electron chi connectivity index (χ3n) is 1.18. The van der Waals surface area contributed by atoms with E-state index in [-0.39, 0.29) is 0 Å². The van der Waals surface area contributed by atoms with Crippen molar-refractivity contribution in [3.8, 4) is 0 Å². The molecule has 0 bridgehead atoms. The number of carboxylic acids is 1. The van der Waals surface area contributed by atoms with Crippen molar-refractivity contribution in [2.45, 2.75) is 0 Å². The van der Waals surface area contributed by atoms with Crippen LogP contribution in [0.15, 0.2) is 24.7 Å². The largest absolute Gasteiger partial charge is 0.478 e. The van der Waals surface area contributed by atoms with Gasteiger partial charge < -0.3 is 10.4 Å². The fraction of sp³-hybridized carbons (Fsp3) is 0.143. The Morgan fingerprint density at radius 3 is 3.08 bits per heavy atom. The van der Waals surface area contributed by atoms with Crippen molar-refractivity contribution in [1.82, 2.24) is 9.78 Å². The zero-order valence-electron chi connectivity index (χ0n) is 6.56. The first-order chi connectivity index (χ1) is 5.68. The van der Waals surface area contributed by atoms with Gasteiger partial charge in [-0.05, 0) is 0 Å². The molecule has 1 heterocycles. The lowest BCUT2D eigenvalue weighted by Gasteiger charge is -1.90. The Bertz CT molecular complexity index is 303. The quantitative estimate of drug-likeness (QED) is 0.640. The van der Waals surface area contributed by atoms with Crippen molar-refractivity contribution in [2.75, 3.05) is 5.32 Å². The van der Waals surface area contributed by atoms with Gasteiger partial charge in [-0.25, -0.2) is 4.79 Å². The summed E-state index contributed by atoms with van der Waals surface area (Å²) in [4.78, 5) is 10.0. The van der Waals surface area contributed by atoms with Crippen LogP contribution in [0, 0.1) is 0 Å². The van der Waals surface area contributed by atoms with E-state index in [4.69, 9.17) is 5.11 Å². The fourth-order valence-corrected chi connectivity index (χ4v) is 0.705. The number of carbonyl (C=O) groups is 1. The first-order valence-electron chi connectivity index (χ1n) is 3.33. The highest BCUT2D eigenvalue weighted by atomic mass is 16.4. The van der Waals surface area contributed by atoms with Crippen LogP contribution in [0.1, 0.15) is 0 Å². The van der Waals surface area contributed by atoms with Crippen LogP contribution >= 0.6 is 0 Å². The Hall–Kier alpha value is -1.78. The smallest absolute Gasteiger partial charge is 0.329 e. The molecule has 0 unspecified atom stereocenters. The van der Waals surface area contributed by atoms with Gasteiger partial charge in [-0.1, -0.05) is 0 Å². The predicted octanol–water partition coefficient (Wildman–Crippen LogP) is 0.430. The number of anilines is 1. The molecule has 64 valence electrons. The van der Waals surface area contributed by atoms with Crippen LogP contribution in [-0.4, -0.2) is 20.9 Å². The van der Waals surface area contributed by atoms with Gasteiger partial charge in [0.1, 0.15) is 0 Å². The van der Waals surface area contributed by atoms with Crippen LogP contribution in [-0.2, 0) is 11.8 Å². The van der Waals surface area contributed by atoms with Crippen LogP contribution < -0.4 is 5.32 Å². The van der Waals surface area contributed by atoms with Crippen molar-refractivity contribution in [3.05, 3.63) is 24.7 Å². The van der Waals surface area contributed by atoms with Crippen LogP contribution in [0.4, 0.5) is 5.69 Å². The number of aliphatic carboxylic acids is 1. The Morgan fingerprint density at radius 1 is 1.83 bits per heavy atom. The van der Waals surface area contributed by atoms with E-state index in [1.807, 2.05) is 0 Å². The van der Waals surface area contributed by atoms with E-state index >= 15 is 0 Å². The Labute approximate surface area is 69.3 Å². The highest BCUT2D eigenvalue weighted by molar-refractivity contribution is 5.80. The molecule has 0 saturated heterocycles. The maximum Gasteiger partial charge on any atom is 0.329 e. The Balaban J connectivity index is 2.48. The molecule has 1 aromatic rings. The molecule has 0 radical (unpaired) electrons. The molecule has 0 atom stereocenters. The zero-order chi connectivity index (χ0) is 8.97. The maximum atomic E-state index is 10.0. The van der Waals surface area contributed by atoms with E-state index < -0.39 is 5.97 Å². The van der Waals surface area contributed by atoms with E-state index in [9.17, 15) is 4.79 Å². The standard InChI is InChI=1S/C7H9N3O2/c1-10-5-6(4-9-10)8-3-2-7(11)12/h2-5,8H,1H3,(H,11,12)/b3-2+. The molecule has 0 saturated carbocycles. The summed E-state index contributed by atoms with van der Waals surface area (Å²) in [6.07, 6.45) is 5.71. The van der Waals surface area contributed by atoms with Crippen molar-refractivity contribution < 1.29 is 9.90 Å². The molecule has 2 N–H and O–H groups in total. The van der Waals surface area contributed by atoms with Crippen molar-refractivity contribution >= 4 is 11.7 Å². The van der Waals surface area contributed by atoms with Gasteiger partial charge in [0, 0.05) is 25.5 Å². The van der Waals surface area contributed by atoms with Crippen LogP contribution in [0.25, 0.3) is 0 Å². The molecular weight excluding hydrogens is 158 g/mol. The monoisotopic (exact) mass is 167 g/mol. The Kier molecular flexibility index (Phi) is 2.47. The van der Waals surface area contributed by atoms with Gasteiger partial charge in [0.05, 0.1) is 11.9 Å². The molecule has 0 aromatic carbocycles. The third-order valence-corrected chi connectivity index (χ3v) is 1.18. The van der Waals surface area contributed by atoms with Gasteiger partial charge in [-0.2, -0.15) is 5.10 Å². The summed E-state index contributed by atoms with van der Waals surface area (Å²) in [5.41, 5.74) is 0.759. The van der Waals surface area contributed by atoms with Crippen LogP contribution in [0.3, 0.4) is 0 Å². The van der Waals surface area contributed by atoms with Gasteiger partial charge >= 0.3 is 5.97 Å². The lowest BCUT2D eigenvalue weighted by atomic mass is 10.5. The minimum atomic E-state index is -0.980. The lowest BCUT2D eigenvalue weighted by Crippen LogP contribution is -1.91. The third kappa shape index (κ3) is 2.45. The van der Waals surface area contributed by atoms with E-state index in [2.05, 4.69) is 10.4 Å². The molecule has 0 amide bonds. The number of nitrogens with one attached hydrogen (secondary N) is 1. The molecule has 0 spiro atoms. The van der Waals surface area contributed by atoms with Gasteiger partial charge in [0.2, 0.25) is 0 Å². The number of hydrogen-bond acceptors (Lipinski definition) is 3. The average Bonchev–Trinajstić information content (AvgIpc) is 2.35. The van der Waals surface area contributed by atoms with Gasteiger partial charge in [-0.3, -0.25) is 4.68 Å². The maximum absolute atomic E-state index is 10.0. The topological polar surface area (TPSA) is 67.2 Å². The summed E-state index contributed by atoms with van der Waals surface area (Å²) in [6, 6.07) is 0. The fourth-order valence-electron chi connectivity index (χ4n) is 0.705. The van der Waals surface area contributed by atoms with E-state index in [1.54, 1.807) is 24.1 Å². The summed E-state index contributed by atoms with van der Waals surface area (Å²) in [5.74, 6) is -0.980. The van der Waals surface area contributed by atoms with Crippen LogP contribution in [0.2, 0.25) is 0 Å². The molecule has 5 heteroatoms. The SMILES string of the molecule is Cn1cc(N/C=C/C(=O)O)cn1. The number of carboxylic acid groups (broad SMARTS) is 1. The number of rotatable bonds is 3. The number of hydrogen-bond donors (Lipinski definition) is 2. The summed E-state index contributed by atoms with van der Waals surface area (Å²) < 4.78 is 1.62. The first-order valence-corrected chi connectivity index (χ1v) is 3.33. The number of aromatic nitrogens is 2. The summed E-state index contributed by atoms with van der Waals surface area (Å²) in [5, 5.41) is 14.9. The normalized spacial score (nSPS) is 10.4. The highest BCUT2D eigenvalue weighted by Gasteiger charge is 1.90. The predicted molar refractivity (Wildman–Crippen MR) is 43.6 cm³/mol. The molecule has 1 aromatic heterocycles. The molecule has 0 aliphatic heterocycles. The summed E-state index contributed by atoms with van der Waals surface area (Å²) in [7, 11) is 1.78. The summed E-state index contributed by atoms with van der Waals surface area (Å²) in [6.45, 7) is 0. The first kappa shape index (κ1) is 8.32. The molecular formula is C7H9N3O2.